The second-order valence-electron chi connectivity index (χ2n) is 4.91. The molecule has 0 aromatic heterocycles. The molecule has 0 amide bonds. The zero-order chi connectivity index (χ0) is 13.5. The Hall–Kier alpha value is -1.57. The molecule has 0 bridgehead atoms. The van der Waals surface area contributed by atoms with Crippen molar-refractivity contribution in [2.45, 2.75) is 18.9 Å². The zero-order valence-electron chi connectivity index (χ0n) is 11.4. The maximum absolute atomic E-state index is 8.72. The third-order valence-corrected chi connectivity index (χ3v) is 3.57. The first-order chi connectivity index (χ1) is 9.31. The fraction of sp³-hybridized carbons (Fsp3) is 0.533. The fourth-order valence-corrected chi connectivity index (χ4v) is 2.41. The van der Waals surface area contributed by atoms with E-state index in [1.165, 1.54) is 12.8 Å². The summed E-state index contributed by atoms with van der Waals surface area (Å²) in [5.74, 6) is 0.834. The summed E-state index contributed by atoms with van der Waals surface area (Å²) in [5, 5.41) is 12.1. The highest BCUT2D eigenvalue weighted by molar-refractivity contribution is 5.34. The van der Waals surface area contributed by atoms with E-state index in [1.54, 1.807) is 12.1 Å². The van der Waals surface area contributed by atoms with Gasteiger partial charge in [-0.2, -0.15) is 5.26 Å². The molecule has 0 spiro atoms. The minimum absolute atomic E-state index is 0.615. The monoisotopic (exact) mass is 259 g/mol. The maximum Gasteiger partial charge on any atom is 0.119 e. The molecule has 19 heavy (non-hydrogen) atoms. The summed E-state index contributed by atoms with van der Waals surface area (Å²) in [6.45, 7) is 3.92. The van der Waals surface area contributed by atoms with Crippen molar-refractivity contribution in [1.29, 1.82) is 5.26 Å². The van der Waals surface area contributed by atoms with Gasteiger partial charge in [0.1, 0.15) is 12.4 Å². The molecule has 0 radical (unpaired) electrons. The average molecular weight is 259 g/mol. The molecule has 1 aliphatic heterocycles. The van der Waals surface area contributed by atoms with Crippen LogP contribution < -0.4 is 10.1 Å². The normalized spacial score (nSPS) is 19.9. The van der Waals surface area contributed by atoms with Crippen LogP contribution in [0.1, 0.15) is 18.4 Å². The highest BCUT2D eigenvalue weighted by Gasteiger charge is 2.17. The highest BCUT2D eigenvalue weighted by atomic mass is 16.5. The molecule has 1 aromatic rings. The lowest BCUT2D eigenvalue weighted by Gasteiger charge is -2.32. The molecule has 1 fully saturated rings. The van der Waals surface area contributed by atoms with Gasteiger partial charge in [-0.05, 0) is 50.7 Å². The molecule has 1 N–H and O–H groups in total. The van der Waals surface area contributed by atoms with Crippen molar-refractivity contribution < 1.29 is 4.74 Å². The number of likely N-dealkylation sites (tertiary alicyclic amines) is 1. The zero-order valence-corrected chi connectivity index (χ0v) is 11.4. The van der Waals surface area contributed by atoms with Crippen LogP contribution in [0.4, 0.5) is 0 Å². The Bertz CT molecular complexity index is 424. The molecule has 1 aliphatic rings. The number of rotatable bonds is 5. The van der Waals surface area contributed by atoms with Crippen LogP contribution in [-0.2, 0) is 0 Å². The highest BCUT2D eigenvalue weighted by Crippen LogP contribution is 2.12. The van der Waals surface area contributed by atoms with Gasteiger partial charge in [0.05, 0.1) is 11.6 Å². The Morgan fingerprint density at radius 2 is 2.21 bits per heavy atom. The molecule has 1 atom stereocenters. The van der Waals surface area contributed by atoms with E-state index in [1.807, 2.05) is 19.2 Å². The number of nitriles is 1. The van der Waals surface area contributed by atoms with Crippen LogP contribution in [0, 0.1) is 11.3 Å². The summed E-state index contributed by atoms with van der Waals surface area (Å²) < 4.78 is 5.71. The van der Waals surface area contributed by atoms with Crippen molar-refractivity contribution >= 4 is 0 Å². The number of piperidine rings is 1. The van der Waals surface area contributed by atoms with Gasteiger partial charge in [-0.25, -0.2) is 0 Å². The quantitative estimate of drug-likeness (QED) is 0.873. The van der Waals surface area contributed by atoms with E-state index in [0.717, 1.165) is 25.4 Å². The minimum atomic E-state index is 0.615. The van der Waals surface area contributed by atoms with E-state index in [2.05, 4.69) is 16.3 Å². The molecular formula is C15H21N3O. The van der Waals surface area contributed by atoms with Crippen molar-refractivity contribution in [1.82, 2.24) is 10.2 Å². The number of nitrogens with one attached hydrogen (secondary N) is 1. The van der Waals surface area contributed by atoms with Gasteiger partial charge in [-0.15, -0.1) is 0 Å². The van der Waals surface area contributed by atoms with Crippen molar-refractivity contribution in [2.75, 3.05) is 33.3 Å². The number of likely N-dealkylation sites (N-methyl/N-ethyl adjacent to an activating group) is 1. The Morgan fingerprint density at radius 3 is 2.89 bits per heavy atom. The van der Waals surface area contributed by atoms with Crippen molar-refractivity contribution in [2.24, 2.45) is 0 Å². The second-order valence-corrected chi connectivity index (χ2v) is 4.91. The summed E-state index contributed by atoms with van der Waals surface area (Å²) in [6.07, 6.45) is 2.52. The van der Waals surface area contributed by atoms with Crippen LogP contribution in [0.25, 0.3) is 0 Å². The SMILES string of the molecule is CNC1CCCN(CCOc2ccc(C#N)cc2)C1. The van der Waals surface area contributed by atoms with Gasteiger partial charge < -0.3 is 10.1 Å². The Morgan fingerprint density at radius 1 is 1.42 bits per heavy atom. The third kappa shape index (κ3) is 4.23. The molecule has 2 rings (SSSR count). The van der Waals surface area contributed by atoms with Crippen molar-refractivity contribution in [3.63, 3.8) is 0 Å². The first-order valence-corrected chi connectivity index (χ1v) is 6.84. The van der Waals surface area contributed by atoms with Crippen molar-refractivity contribution in [3.05, 3.63) is 29.8 Å². The smallest absolute Gasteiger partial charge is 0.119 e. The molecular weight excluding hydrogens is 238 g/mol. The van der Waals surface area contributed by atoms with Gasteiger partial charge in [0.15, 0.2) is 0 Å². The van der Waals surface area contributed by atoms with E-state index in [0.29, 0.717) is 18.2 Å². The van der Waals surface area contributed by atoms with Crippen LogP contribution in [0.2, 0.25) is 0 Å². The van der Waals surface area contributed by atoms with E-state index in [4.69, 9.17) is 10.00 Å². The van der Waals surface area contributed by atoms with E-state index in [9.17, 15) is 0 Å². The predicted octanol–water partition coefficient (Wildman–Crippen LogP) is 1.62. The second kappa shape index (κ2) is 7.13. The summed E-state index contributed by atoms with van der Waals surface area (Å²) in [6, 6.07) is 9.99. The summed E-state index contributed by atoms with van der Waals surface area (Å²) in [5.41, 5.74) is 0.667. The molecule has 4 heteroatoms. The van der Waals surface area contributed by atoms with Gasteiger partial charge in [0, 0.05) is 19.1 Å². The molecule has 0 saturated carbocycles. The Kier molecular flexibility index (Phi) is 5.20. The number of hydrogen-bond acceptors (Lipinski definition) is 4. The van der Waals surface area contributed by atoms with Crippen LogP contribution >= 0.6 is 0 Å². The van der Waals surface area contributed by atoms with Gasteiger partial charge in [0.2, 0.25) is 0 Å². The predicted molar refractivity (Wildman–Crippen MR) is 75.2 cm³/mol. The standard InChI is InChI=1S/C15H21N3O/c1-17-14-3-2-8-18(12-14)9-10-19-15-6-4-13(11-16)5-7-15/h4-7,14,17H,2-3,8-10,12H2,1H3. The van der Waals surface area contributed by atoms with E-state index < -0.39 is 0 Å². The number of hydrogen-bond donors (Lipinski definition) is 1. The van der Waals surface area contributed by atoms with Crippen LogP contribution in [0.5, 0.6) is 5.75 Å². The topological polar surface area (TPSA) is 48.3 Å². The first kappa shape index (κ1) is 13.9. The Labute approximate surface area is 115 Å². The maximum atomic E-state index is 8.72. The molecule has 1 unspecified atom stereocenters. The van der Waals surface area contributed by atoms with Crippen molar-refractivity contribution in [3.8, 4) is 11.8 Å². The van der Waals surface area contributed by atoms with Gasteiger partial charge in [-0.3, -0.25) is 4.90 Å². The van der Waals surface area contributed by atoms with Gasteiger partial charge in [-0.1, -0.05) is 0 Å². The number of benzene rings is 1. The number of ether oxygens (including phenoxy) is 1. The van der Waals surface area contributed by atoms with Gasteiger partial charge >= 0.3 is 0 Å². The van der Waals surface area contributed by atoms with Crippen LogP contribution in [-0.4, -0.2) is 44.2 Å². The molecule has 1 saturated heterocycles. The summed E-state index contributed by atoms with van der Waals surface area (Å²) in [7, 11) is 2.03. The average Bonchev–Trinajstić information content (AvgIpc) is 2.48. The van der Waals surface area contributed by atoms with Crippen LogP contribution in [0.3, 0.4) is 0 Å². The minimum Gasteiger partial charge on any atom is -0.492 e. The van der Waals surface area contributed by atoms with E-state index >= 15 is 0 Å². The lowest BCUT2D eigenvalue weighted by molar-refractivity contribution is 0.162. The summed E-state index contributed by atoms with van der Waals surface area (Å²) in [4.78, 5) is 2.44. The van der Waals surface area contributed by atoms with Gasteiger partial charge in [0.25, 0.3) is 0 Å². The van der Waals surface area contributed by atoms with Crippen LogP contribution in [0.15, 0.2) is 24.3 Å². The first-order valence-electron chi connectivity index (χ1n) is 6.84. The molecule has 4 nitrogen and oxygen atoms in total. The third-order valence-electron chi connectivity index (χ3n) is 3.57. The molecule has 1 aromatic carbocycles. The molecule has 102 valence electrons. The Balaban J connectivity index is 1.72. The number of nitrogens with zero attached hydrogens (tertiary/aromatic N) is 2. The molecule has 1 heterocycles. The lowest BCUT2D eigenvalue weighted by atomic mass is 10.1. The fourth-order valence-electron chi connectivity index (χ4n) is 2.41. The lowest BCUT2D eigenvalue weighted by Crippen LogP contribution is -2.45. The summed E-state index contributed by atoms with van der Waals surface area (Å²) >= 11 is 0. The van der Waals surface area contributed by atoms with E-state index in [-0.39, 0.29) is 0 Å². The largest absolute Gasteiger partial charge is 0.492 e. The molecule has 0 aliphatic carbocycles.